The number of nitrogen functional groups attached to an aromatic ring is 1. The molecule has 0 spiro atoms. The summed E-state index contributed by atoms with van der Waals surface area (Å²) in [5.74, 6) is 0.566. The van der Waals surface area contributed by atoms with Gasteiger partial charge in [-0.05, 0) is 37.3 Å². The van der Waals surface area contributed by atoms with Gasteiger partial charge in [0, 0.05) is 17.8 Å². The fraction of sp³-hybridized carbons (Fsp3) is 0.133. The number of nitrogens with zero attached hydrogens (tertiary/aromatic N) is 2. The zero-order valence-electron chi connectivity index (χ0n) is 10.6. The average molecular weight is 255 g/mol. The van der Waals surface area contributed by atoms with Crippen molar-refractivity contribution in [3.63, 3.8) is 0 Å². The Kier molecular flexibility index (Phi) is 2.71. The minimum absolute atomic E-state index is 0.249. The van der Waals surface area contributed by atoms with E-state index in [-0.39, 0.29) is 5.82 Å². The lowest BCUT2D eigenvalue weighted by atomic mass is 10.2. The predicted octanol–water partition coefficient (Wildman–Crippen LogP) is 3.44. The van der Waals surface area contributed by atoms with Crippen LogP contribution in [0, 0.1) is 5.82 Å². The van der Waals surface area contributed by atoms with Crippen molar-refractivity contribution in [3.05, 3.63) is 48.3 Å². The van der Waals surface area contributed by atoms with Crippen LogP contribution in [0.15, 0.2) is 42.5 Å². The molecule has 96 valence electrons. The van der Waals surface area contributed by atoms with E-state index in [2.05, 4.69) is 4.98 Å². The van der Waals surface area contributed by atoms with Gasteiger partial charge >= 0.3 is 0 Å². The number of nitrogens with two attached hydrogens (primary N) is 1. The third-order valence-corrected chi connectivity index (χ3v) is 3.17. The SMILES string of the molecule is CCn1c(-c2cccc(N)c2)nc2ccc(F)cc21. The molecule has 1 aromatic heterocycles. The highest BCUT2D eigenvalue weighted by Gasteiger charge is 2.12. The summed E-state index contributed by atoms with van der Waals surface area (Å²) in [6, 6.07) is 12.2. The van der Waals surface area contributed by atoms with Crippen molar-refractivity contribution < 1.29 is 4.39 Å². The first-order valence-electron chi connectivity index (χ1n) is 6.20. The van der Waals surface area contributed by atoms with Crippen molar-refractivity contribution >= 4 is 16.7 Å². The molecule has 0 aliphatic heterocycles. The van der Waals surface area contributed by atoms with Crippen LogP contribution in [-0.2, 0) is 6.54 Å². The molecule has 0 radical (unpaired) electrons. The van der Waals surface area contributed by atoms with E-state index in [0.29, 0.717) is 5.69 Å². The van der Waals surface area contributed by atoms with Gasteiger partial charge in [0.1, 0.15) is 11.6 Å². The number of aromatic nitrogens is 2. The maximum atomic E-state index is 13.4. The van der Waals surface area contributed by atoms with E-state index in [1.54, 1.807) is 6.07 Å². The number of imidazole rings is 1. The first-order valence-corrected chi connectivity index (χ1v) is 6.20. The third kappa shape index (κ3) is 1.95. The average Bonchev–Trinajstić information content (AvgIpc) is 2.76. The topological polar surface area (TPSA) is 43.8 Å². The Morgan fingerprint density at radius 2 is 2.05 bits per heavy atom. The summed E-state index contributed by atoms with van der Waals surface area (Å²) >= 11 is 0. The van der Waals surface area contributed by atoms with Crippen LogP contribution < -0.4 is 5.73 Å². The number of rotatable bonds is 2. The van der Waals surface area contributed by atoms with Crippen LogP contribution in [0.1, 0.15) is 6.92 Å². The van der Waals surface area contributed by atoms with Gasteiger partial charge in [-0.3, -0.25) is 0 Å². The second-order valence-corrected chi connectivity index (χ2v) is 4.44. The quantitative estimate of drug-likeness (QED) is 0.713. The molecule has 2 N–H and O–H groups in total. The van der Waals surface area contributed by atoms with Crippen LogP contribution in [0.4, 0.5) is 10.1 Å². The summed E-state index contributed by atoms with van der Waals surface area (Å²) < 4.78 is 15.4. The van der Waals surface area contributed by atoms with Crippen LogP contribution >= 0.6 is 0 Å². The summed E-state index contributed by atoms with van der Waals surface area (Å²) in [5, 5.41) is 0. The Labute approximate surface area is 110 Å². The molecule has 3 nitrogen and oxygen atoms in total. The van der Waals surface area contributed by atoms with E-state index in [1.165, 1.54) is 12.1 Å². The van der Waals surface area contributed by atoms with Gasteiger partial charge in [0.05, 0.1) is 11.0 Å². The van der Waals surface area contributed by atoms with Crippen molar-refractivity contribution in [1.29, 1.82) is 0 Å². The summed E-state index contributed by atoms with van der Waals surface area (Å²) in [7, 11) is 0. The number of hydrogen-bond donors (Lipinski definition) is 1. The molecule has 4 heteroatoms. The highest BCUT2D eigenvalue weighted by Crippen LogP contribution is 2.26. The Morgan fingerprint density at radius 3 is 2.79 bits per heavy atom. The molecule has 0 aliphatic rings. The molecule has 0 fully saturated rings. The molecule has 1 heterocycles. The molecule has 2 aromatic carbocycles. The van der Waals surface area contributed by atoms with E-state index < -0.39 is 0 Å². The normalized spacial score (nSPS) is 11.1. The molecule has 0 unspecified atom stereocenters. The Morgan fingerprint density at radius 1 is 1.21 bits per heavy atom. The van der Waals surface area contributed by atoms with Crippen molar-refractivity contribution in [2.45, 2.75) is 13.5 Å². The Bertz CT molecular complexity index is 746. The lowest BCUT2D eigenvalue weighted by Crippen LogP contribution is -1.98. The molecule has 19 heavy (non-hydrogen) atoms. The lowest BCUT2D eigenvalue weighted by molar-refractivity contribution is 0.628. The van der Waals surface area contributed by atoms with E-state index in [1.807, 2.05) is 35.8 Å². The van der Waals surface area contributed by atoms with Gasteiger partial charge in [-0.25, -0.2) is 9.37 Å². The van der Waals surface area contributed by atoms with Crippen LogP contribution in [0.5, 0.6) is 0 Å². The van der Waals surface area contributed by atoms with Crippen LogP contribution in [0.25, 0.3) is 22.4 Å². The van der Waals surface area contributed by atoms with Crippen LogP contribution in [0.3, 0.4) is 0 Å². The van der Waals surface area contributed by atoms with Gasteiger partial charge in [-0.1, -0.05) is 12.1 Å². The van der Waals surface area contributed by atoms with Gasteiger partial charge in [0.25, 0.3) is 0 Å². The van der Waals surface area contributed by atoms with E-state index >= 15 is 0 Å². The highest BCUT2D eigenvalue weighted by atomic mass is 19.1. The van der Waals surface area contributed by atoms with Crippen molar-refractivity contribution in [3.8, 4) is 11.4 Å². The number of benzene rings is 2. The lowest BCUT2D eigenvalue weighted by Gasteiger charge is -2.06. The maximum Gasteiger partial charge on any atom is 0.141 e. The van der Waals surface area contributed by atoms with E-state index in [9.17, 15) is 4.39 Å². The summed E-state index contributed by atoms with van der Waals surface area (Å²) in [4.78, 5) is 4.58. The minimum atomic E-state index is -0.249. The van der Waals surface area contributed by atoms with Gasteiger partial charge in [0.15, 0.2) is 0 Å². The molecular formula is C15H14FN3. The summed E-state index contributed by atoms with van der Waals surface area (Å²) in [5.41, 5.74) is 9.04. The predicted molar refractivity (Wildman–Crippen MR) is 75.2 cm³/mol. The molecule has 0 saturated carbocycles. The monoisotopic (exact) mass is 255 g/mol. The molecule has 0 aliphatic carbocycles. The minimum Gasteiger partial charge on any atom is -0.399 e. The van der Waals surface area contributed by atoms with Crippen molar-refractivity contribution in [2.75, 3.05) is 5.73 Å². The molecule has 0 saturated heterocycles. The number of anilines is 1. The van der Waals surface area contributed by atoms with E-state index in [4.69, 9.17) is 5.73 Å². The number of aryl methyl sites for hydroxylation is 1. The molecule has 3 rings (SSSR count). The van der Waals surface area contributed by atoms with Crippen molar-refractivity contribution in [1.82, 2.24) is 9.55 Å². The first kappa shape index (κ1) is 11.7. The fourth-order valence-corrected chi connectivity index (χ4v) is 2.31. The second-order valence-electron chi connectivity index (χ2n) is 4.44. The van der Waals surface area contributed by atoms with Crippen molar-refractivity contribution in [2.24, 2.45) is 0 Å². The second kappa shape index (κ2) is 4.39. The zero-order chi connectivity index (χ0) is 13.4. The van der Waals surface area contributed by atoms with Crippen LogP contribution in [0.2, 0.25) is 0 Å². The molecule has 0 atom stereocenters. The van der Waals surface area contributed by atoms with Gasteiger partial charge < -0.3 is 10.3 Å². The van der Waals surface area contributed by atoms with E-state index in [0.717, 1.165) is 29.0 Å². The molecular weight excluding hydrogens is 241 g/mol. The Balaban J connectivity index is 2.29. The number of hydrogen-bond acceptors (Lipinski definition) is 2. The smallest absolute Gasteiger partial charge is 0.141 e. The first-order chi connectivity index (χ1) is 9.19. The Hall–Kier alpha value is -2.36. The molecule has 3 aromatic rings. The summed E-state index contributed by atoms with van der Waals surface area (Å²) in [6.45, 7) is 2.74. The van der Waals surface area contributed by atoms with Gasteiger partial charge in [-0.2, -0.15) is 0 Å². The standard InChI is InChI=1S/C15H14FN3/c1-2-19-14-9-11(16)6-7-13(14)18-15(19)10-4-3-5-12(17)8-10/h3-9H,2,17H2,1H3. The highest BCUT2D eigenvalue weighted by molar-refractivity contribution is 5.81. The fourth-order valence-electron chi connectivity index (χ4n) is 2.31. The third-order valence-electron chi connectivity index (χ3n) is 3.17. The van der Waals surface area contributed by atoms with Gasteiger partial charge in [-0.15, -0.1) is 0 Å². The largest absolute Gasteiger partial charge is 0.399 e. The summed E-state index contributed by atoms with van der Waals surface area (Å²) in [6.07, 6.45) is 0. The maximum absolute atomic E-state index is 13.4. The zero-order valence-corrected chi connectivity index (χ0v) is 10.6. The van der Waals surface area contributed by atoms with Crippen LogP contribution in [-0.4, -0.2) is 9.55 Å². The molecule has 0 bridgehead atoms. The van der Waals surface area contributed by atoms with Gasteiger partial charge in [0.2, 0.25) is 0 Å². The molecule has 0 amide bonds. The number of halogens is 1. The number of fused-ring (bicyclic) bond motifs is 1.